The number of nitrogens with one attached hydrogen (secondary N) is 2. The molecule has 3 aromatic rings. The molecule has 0 radical (unpaired) electrons. The molecule has 3 rings (SSSR count). The van der Waals surface area contributed by atoms with Crippen molar-refractivity contribution >= 4 is 22.0 Å². The Balaban J connectivity index is 0.00000265. The van der Waals surface area contributed by atoms with E-state index in [1.54, 1.807) is 6.07 Å². The van der Waals surface area contributed by atoms with Gasteiger partial charge in [0.25, 0.3) is 15.9 Å². The molecule has 0 spiro atoms. The first-order valence-corrected chi connectivity index (χ1v) is 11.1. The topological polar surface area (TPSA) is 106 Å². The minimum atomic E-state index is -4.11. The minimum Gasteiger partial charge on any atom is -0.484 e. The van der Waals surface area contributed by atoms with E-state index in [-0.39, 0.29) is 48.9 Å². The van der Waals surface area contributed by atoms with E-state index in [1.165, 1.54) is 43.6 Å². The lowest BCUT2D eigenvalue weighted by atomic mass is 10.1. The third kappa shape index (κ3) is 5.61. The molecule has 8 nitrogen and oxygen atoms in total. The average molecular weight is 471 g/mol. The van der Waals surface area contributed by atoms with Gasteiger partial charge in [-0.15, -0.1) is 0 Å². The molecule has 176 valence electrons. The van der Waals surface area contributed by atoms with Gasteiger partial charge in [0, 0.05) is 20.3 Å². The van der Waals surface area contributed by atoms with Gasteiger partial charge in [-0.1, -0.05) is 32.6 Å². The van der Waals surface area contributed by atoms with Crippen LogP contribution in [-0.2, 0) is 10.0 Å². The number of ether oxygens (including phenoxy) is 2. The van der Waals surface area contributed by atoms with Gasteiger partial charge in [0.15, 0.2) is 0 Å². The molecule has 0 fully saturated rings. The Hall–Kier alpha value is -3.47. The fourth-order valence-corrected chi connectivity index (χ4v) is 3.53. The van der Waals surface area contributed by atoms with Crippen LogP contribution in [0.1, 0.15) is 22.4 Å². The second-order valence-electron chi connectivity index (χ2n) is 5.85. The van der Waals surface area contributed by atoms with E-state index in [0.717, 1.165) is 0 Å². The summed E-state index contributed by atoms with van der Waals surface area (Å²) in [5, 5.41) is 0. The molecule has 0 amide bonds. The van der Waals surface area contributed by atoms with E-state index in [0.29, 0.717) is 0 Å². The molecule has 11 heteroatoms. The van der Waals surface area contributed by atoms with Gasteiger partial charge in [0.1, 0.15) is 29.7 Å². The molecule has 0 aliphatic rings. The van der Waals surface area contributed by atoms with Crippen LogP contribution in [0.3, 0.4) is 0 Å². The zero-order chi connectivity index (χ0) is 23.7. The first-order chi connectivity index (χ1) is 15.4. The number of alkyl halides is 1. The van der Waals surface area contributed by atoms with Gasteiger partial charge < -0.3 is 14.5 Å². The molecule has 1 aromatic carbocycles. The van der Waals surface area contributed by atoms with Gasteiger partial charge >= 0.3 is 0 Å². The number of sulfonamides is 1. The van der Waals surface area contributed by atoms with Crippen molar-refractivity contribution in [3.8, 4) is 22.9 Å². The summed E-state index contributed by atoms with van der Waals surface area (Å²) in [5.41, 5.74) is 0.628. The van der Waals surface area contributed by atoms with Crippen LogP contribution < -0.4 is 14.2 Å². The summed E-state index contributed by atoms with van der Waals surface area (Å²) < 4.78 is 64.4. The lowest BCUT2D eigenvalue weighted by molar-refractivity contribution is 0.255. The molecule has 0 saturated carbocycles. The van der Waals surface area contributed by atoms with Crippen LogP contribution in [0.2, 0.25) is 0 Å². The summed E-state index contributed by atoms with van der Waals surface area (Å²) in [7, 11) is -2.82. The third-order valence-electron chi connectivity index (χ3n) is 3.93. The van der Waals surface area contributed by atoms with Crippen molar-refractivity contribution in [2.24, 2.45) is 0 Å². The molecule has 2 aromatic heterocycles. The molecular weight excluding hydrogens is 442 g/mol. The molecule has 0 atom stereocenters. The van der Waals surface area contributed by atoms with E-state index in [2.05, 4.69) is 26.3 Å². The van der Waals surface area contributed by atoms with E-state index >= 15 is 0 Å². The Kier molecular flexibility index (Phi) is 8.71. The smallest absolute Gasteiger partial charge is 0.265 e. The summed E-state index contributed by atoms with van der Waals surface area (Å²) in [5.74, 6) is -0.851. The molecule has 32 heavy (non-hydrogen) atoms. The van der Waals surface area contributed by atoms with Gasteiger partial charge in [-0.3, -0.25) is 0 Å². The summed E-state index contributed by atoms with van der Waals surface area (Å²) in [6.45, 7) is 6.58. The highest BCUT2D eigenvalue weighted by atomic mass is 32.2. The van der Waals surface area contributed by atoms with Crippen molar-refractivity contribution in [1.82, 2.24) is 15.0 Å². The Morgan fingerprint density at radius 1 is 1.28 bits per heavy atom. The van der Waals surface area contributed by atoms with Gasteiger partial charge in [0.2, 0.25) is 11.7 Å². The number of benzene rings is 1. The molecule has 0 aliphatic heterocycles. The normalized spacial score (nSPS) is 10.7. The molecular formula is C21H28F2N4O4S. The average Bonchev–Trinajstić information content (AvgIpc) is 3.30. The number of methoxy groups -OCH3 is 1. The summed E-state index contributed by atoms with van der Waals surface area (Å²) >= 11 is 0. The lowest BCUT2D eigenvalue weighted by Gasteiger charge is -2.13. The summed E-state index contributed by atoms with van der Waals surface area (Å²) in [4.78, 5) is 10.6. The van der Waals surface area contributed by atoms with Crippen molar-refractivity contribution in [2.45, 2.75) is 18.7 Å². The molecule has 0 saturated heterocycles. The number of hydrogen-bond acceptors (Lipinski definition) is 6. The standard InChI is InChI=1S/C19H18F2N4O4S.C2H6.2H2/c1-3-15-17(29-9-8-20)18(28-2)24-19(23-15)25-30(26,27)12-10-16(22-11-12)13-6-4-5-7-14(13)21;1-2;;/h3-7,10-11,22H,1,8-9H2,2H3,(H,23,24,25);1-2H3;2*1H. The van der Waals surface area contributed by atoms with E-state index in [1.807, 2.05) is 13.8 Å². The molecule has 0 aliphatic carbocycles. The van der Waals surface area contributed by atoms with Crippen LogP contribution in [0, 0.1) is 5.82 Å². The minimum absolute atomic E-state index is 0. The number of hydrogen-bond donors (Lipinski definition) is 2. The number of nitrogens with zero attached hydrogens (tertiary/aromatic N) is 2. The van der Waals surface area contributed by atoms with Crippen LogP contribution in [0.25, 0.3) is 17.3 Å². The zero-order valence-corrected chi connectivity index (χ0v) is 18.7. The van der Waals surface area contributed by atoms with E-state index in [4.69, 9.17) is 9.47 Å². The third-order valence-corrected chi connectivity index (χ3v) is 5.24. The highest BCUT2D eigenvalue weighted by Gasteiger charge is 2.22. The molecule has 2 N–H and O–H groups in total. The van der Waals surface area contributed by atoms with E-state index in [9.17, 15) is 17.2 Å². The summed E-state index contributed by atoms with van der Waals surface area (Å²) in [6.07, 6.45) is 2.51. The van der Waals surface area contributed by atoms with Crippen molar-refractivity contribution in [3.63, 3.8) is 0 Å². The Morgan fingerprint density at radius 3 is 2.62 bits per heavy atom. The predicted octanol–water partition coefficient (Wildman–Crippen LogP) is 4.93. The fourth-order valence-electron chi connectivity index (χ4n) is 2.59. The van der Waals surface area contributed by atoms with Gasteiger partial charge in [-0.2, -0.15) is 4.98 Å². The van der Waals surface area contributed by atoms with E-state index < -0.39 is 22.5 Å². The second-order valence-corrected chi connectivity index (χ2v) is 7.53. The highest BCUT2D eigenvalue weighted by Crippen LogP contribution is 2.31. The Morgan fingerprint density at radius 2 is 2.00 bits per heavy atom. The van der Waals surface area contributed by atoms with Crippen LogP contribution in [0.5, 0.6) is 11.6 Å². The summed E-state index contributed by atoms with van der Waals surface area (Å²) in [6, 6.07) is 7.24. The first kappa shape index (κ1) is 24.8. The van der Waals surface area contributed by atoms with Crippen molar-refractivity contribution in [1.29, 1.82) is 0 Å². The molecule has 0 bridgehead atoms. The van der Waals surface area contributed by atoms with Crippen LogP contribution in [0.15, 0.2) is 48.0 Å². The quantitative estimate of drug-likeness (QED) is 0.459. The number of halogens is 2. The zero-order valence-electron chi connectivity index (χ0n) is 17.9. The van der Waals surface area contributed by atoms with Gasteiger partial charge in [-0.05, 0) is 24.3 Å². The molecule has 0 unspecified atom stereocenters. The predicted molar refractivity (Wildman–Crippen MR) is 123 cm³/mol. The maximum Gasteiger partial charge on any atom is 0.265 e. The maximum atomic E-state index is 14.0. The number of aromatic nitrogens is 3. The van der Waals surface area contributed by atoms with Crippen molar-refractivity contribution in [3.05, 3.63) is 54.6 Å². The van der Waals surface area contributed by atoms with Gasteiger partial charge in [-0.25, -0.2) is 26.9 Å². The SMILES string of the molecule is C=Cc1nc(NS(=O)(=O)c2c[nH]c(-c3ccccc3F)c2)nc(OC)c1OCCF.CC.[HH].[HH]. The van der Waals surface area contributed by atoms with Crippen molar-refractivity contribution in [2.75, 3.05) is 25.1 Å². The maximum absolute atomic E-state index is 14.0. The number of rotatable bonds is 9. The number of anilines is 1. The first-order valence-electron chi connectivity index (χ1n) is 9.63. The number of H-pyrrole nitrogens is 1. The van der Waals surface area contributed by atoms with Crippen molar-refractivity contribution < 1.29 is 29.5 Å². The highest BCUT2D eigenvalue weighted by molar-refractivity contribution is 7.92. The Labute approximate surface area is 188 Å². The fraction of sp³-hybridized carbons (Fsp3) is 0.238. The van der Waals surface area contributed by atoms with Crippen LogP contribution in [0.4, 0.5) is 14.7 Å². The Bertz CT molecular complexity index is 1180. The monoisotopic (exact) mass is 470 g/mol. The second kappa shape index (κ2) is 11.2. The lowest BCUT2D eigenvalue weighted by Crippen LogP contribution is -2.16. The van der Waals surface area contributed by atoms with Crippen LogP contribution in [-0.4, -0.2) is 43.8 Å². The van der Waals surface area contributed by atoms with Crippen LogP contribution >= 0.6 is 0 Å². The molecule has 2 heterocycles. The van der Waals surface area contributed by atoms with Gasteiger partial charge in [0.05, 0.1) is 7.11 Å². The largest absolute Gasteiger partial charge is 0.484 e. The number of aromatic amines is 1.